The summed E-state index contributed by atoms with van der Waals surface area (Å²) in [5, 5.41) is 0. The molecule has 2 aliphatic heterocycles. The van der Waals surface area contributed by atoms with Crippen molar-refractivity contribution in [2.24, 2.45) is 17.8 Å². The second kappa shape index (κ2) is 6.32. The standard InChI is InChI=1S/C20H25N5O2/c1-12-3-7-25(12)20-19-17(21-5-6-22-19)9-18(23-20)24-10-15-14(16(15)11-24)4-8-27-13(2)26/h5-6,9,12,14-16H,3-4,7-8,10-11H2,1-2H3/t12-,14?,15-,16+/m0/s1. The van der Waals surface area contributed by atoms with Crippen molar-refractivity contribution in [3.63, 3.8) is 0 Å². The molecule has 0 radical (unpaired) electrons. The SMILES string of the molecule is CC(=O)OCCC1[C@H]2CN(c3cc4nccnc4c(N4CC[C@@H]4C)n3)C[C@@H]12. The van der Waals surface area contributed by atoms with E-state index in [4.69, 9.17) is 9.72 Å². The Morgan fingerprint density at radius 2 is 2.04 bits per heavy atom. The molecule has 4 heterocycles. The van der Waals surface area contributed by atoms with Crippen LogP contribution in [0, 0.1) is 17.8 Å². The molecule has 3 fully saturated rings. The third-order valence-corrected chi connectivity index (χ3v) is 6.47. The average molecular weight is 367 g/mol. The number of anilines is 2. The van der Waals surface area contributed by atoms with Crippen LogP contribution in [-0.4, -0.2) is 53.2 Å². The Labute approximate surface area is 158 Å². The van der Waals surface area contributed by atoms with E-state index in [1.54, 1.807) is 12.4 Å². The summed E-state index contributed by atoms with van der Waals surface area (Å²) in [6.07, 6.45) is 5.68. The van der Waals surface area contributed by atoms with Gasteiger partial charge in [-0.25, -0.2) is 9.97 Å². The molecule has 7 heteroatoms. The van der Waals surface area contributed by atoms with Gasteiger partial charge in [0.2, 0.25) is 0 Å². The van der Waals surface area contributed by atoms with Gasteiger partial charge >= 0.3 is 5.97 Å². The molecule has 0 amide bonds. The number of nitrogens with zero attached hydrogens (tertiary/aromatic N) is 5. The monoisotopic (exact) mass is 367 g/mol. The van der Waals surface area contributed by atoms with Crippen molar-refractivity contribution in [1.82, 2.24) is 15.0 Å². The molecule has 5 rings (SSSR count). The smallest absolute Gasteiger partial charge is 0.302 e. The fraction of sp³-hybridized carbons (Fsp3) is 0.600. The van der Waals surface area contributed by atoms with Crippen LogP contribution < -0.4 is 9.80 Å². The van der Waals surface area contributed by atoms with E-state index in [2.05, 4.69) is 32.8 Å². The number of fused-ring (bicyclic) bond motifs is 2. The summed E-state index contributed by atoms with van der Waals surface area (Å²) < 4.78 is 5.10. The molecular weight excluding hydrogens is 342 g/mol. The van der Waals surface area contributed by atoms with Crippen LogP contribution >= 0.6 is 0 Å². The maximum Gasteiger partial charge on any atom is 0.302 e. The zero-order valence-corrected chi connectivity index (χ0v) is 15.8. The quantitative estimate of drug-likeness (QED) is 0.751. The number of hydrogen-bond acceptors (Lipinski definition) is 7. The molecule has 3 aliphatic rings. The summed E-state index contributed by atoms with van der Waals surface area (Å²) in [4.78, 5) is 29.7. The van der Waals surface area contributed by atoms with E-state index in [1.165, 1.54) is 13.3 Å². The third-order valence-electron chi connectivity index (χ3n) is 6.47. The Balaban J connectivity index is 1.33. The summed E-state index contributed by atoms with van der Waals surface area (Å²) in [6.45, 7) is 7.35. The first-order valence-corrected chi connectivity index (χ1v) is 9.88. The zero-order chi connectivity index (χ0) is 18.5. The molecule has 2 saturated heterocycles. The first kappa shape index (κ1) is 16.7. The molecule has 1 aliphatic carbocycles. The van der Waals surface area contributed by atoms with Crippen LogP contribution in [0.4, 0.5) is 11.6 Å². The van der Waals surface area contributed by atoms with E-state index < -0.39 is 0 Å². The number of hydrogen-bond donors (Lipinski definition) is 0. The number of rotatable bonds is 5. The van der Waals surface area contributed by atoms with Crippen molar-refractivity contribution in [2.75, 3.05) is 36.0 Å². The minimum atomic E-state index is -0.184. The number of carbonyl (C=O) groups is 1. The van der Waals surface area contributed by atoms with E-state index in [0.717, 1.165) is 48.7 Å². The van der Waals surface area contributed by atoms with Gasteiger partial charge in [-0.1, -0.05) is 0 Å². The van der Waals surface area contributed by atoms with Crippen molar-refractivity contribution in [2.45, 2.75) is 32.7 Å². The summed E-state index contributed by atoms with van der Waals surface area (Å²) in [5.74, 6) is 3.90. The van der Waals surface area contributed by atoms with E-state index in [9.17, 15) is 4.79 Å². The van der Waals surface area contributed by atoms with Crippen LogP contribution in [0.25, 0.3) is 11.0 Å². The minimum Gasteiger partial charge on any atom is -0.466 e. The summed E-state index contributed by atoms with van der Waals surface area (Å²) in [7, 11) is 0. The highest BCUT2D eigenvalue weighted by atomic mass is 16.5. The molecule has 1 unspecified atom stereocenters. The fourth-order valence-corrected chi connectivity index (χ4v) is 4.74. The van der Waals surface area contributed by atoms with E-state index in [-0.39, 0.29) is 5.97 Å². The Morgan fingerprint density at radius 1 is 1.26 bits per heavy atom. The van der Waals surface area contributed by atoms with Crippen molar-refractivity contribution >= 4 is 28.6 Å². The molecule has 4 atom stereocenters. The molecule has 0 N–H and O–H groups in total. The van der Waals surface area contributed by atoms with Crippen LogP contribution in [0.3, 0.4) is 0 Å². The Kier molecular flexibility index (Phi) is 3.91. The van der Waals surface area contributed by atoms with Crippen molar-refractivity contribution < 1.29 is 9.53 Å². The predicted octanol–water partition coefficient (Wildman–Crippen LogP) is 2.26. The van der Waals surface area contributed by atoms with Gasteiger partial charge in [0.25, 0.3) is 0 Å². The highest BCUT2D eigenvalue weighted by molar-refractivity contribution is 5.88. The molecular formula is C20H25N5O2. The maximum atomic E-state index is 10.9. The van der Waals surface area contributed by atoms with E-state index >= 15 is 0 Å². The molecule has 2 aromatic heterocycles. The number of piperidine rings is 1. The van der Waals surface area contributed by atoms with Gasteiger partial charge in [-0.3, -0.25) is 9.78 Å². The van der Waals surface area contributed by atoms with E-state index in [1.807, 2.05) is 0 Å². The van der Waals surface area contributed by atoms with Crippen LogP contribution in [0.2, 0.25) is 0 Å². The lowest BCUT2D eigenvalue weighted by atomic mass is 10.1. The second-order valence-corrected chi connectivity index (χ2v) is 8.08. The van der Waals surface area contributed by atoms with Gasteiger partial charge in [0.05, 0.1) is 12.1 Å². The normalized spacial score (nSPS) is 28.8. The van der Waals surface area contributed by atoms with Crippen molar-refractivity contribution in [3.8, 4) is 0 Å². The lowest BCUT2D eigenvalue weighted by molar-refractivity contribution is -0.141. The number of pyridine rings is 1. The number of ether oxygens (including phenoxy) is 1. The molecule has 142 valence electrons. The Bertz CT molecular complexity index is 876. The molecule has 1 saturated carbocycles. The molecule has 2 aromatic rings. The van der Waals surface area contributed by atoms with Gasteiger partial charge in [-0.2, -0.15) is 0 Å². The molecule has 0 spiro atoms. The maximum absolute atomic E-state index is 10.9. The van der Waals surface area contributed by atoms with Crippen LogP contribution in [0.1, 0.15) is 26.7 Å². The molecule has 0 bridgehead atoms. The lowest BCUT2D eigenvalue weighted by Gasteiger charge is -2.40. The molecule has 0 aromatic carbocycles. The predicted molar refractivity (Wildman–Crippen MR) is 103 cm³/mol. The largest absolute Gasteiger partial charge is 0.466 e. The molecule has 27 heavy (non-hydrogen) atoms. The van der Waals surface area contributed by atoms with Crippen molar-refractivity contribution in [1.29, 1.82) is 0 Å². The van der Waals surface area contributed by atoms with Gasteiger partial charge in [0.15, 0.2) is 5.82 Å². The van der Waals surface area contributed by atoms with Crippen LogP contribution in [-0.2, 0) is 9.53 Å². The van der Waals surface area contributed by atoms with Gasteiger partial charge < -0.3 is 14.5 Å². The van der Waals surface area contributed by atoms with Gasteiger partial charge in [-0.05, 0) is 37.5 Å². The Morgan fingerprint density at radius 3 is 2.70 bits per heavy atom. The number of carbonyl (C=O) groups excluding carboxylic acids is 1. The second-order valence-electron chi connectivity index (χ2n) is 8.08. The summed E-state index contributed by atoms with van der Waals surface area (Å²) in [6, 6.07) is 2.59. The third kappa shape index (κ3) is 2.89. The molecule has 7 nitrogen and oxygen atoms in total. The average Bonchev–Trinajstić information content (AvgIpc) is 3.09. The van der Waals surface area contributed by atoms with Crippen LogP contribution in [0.15, 0.2) is 18.5 Å². The van der Waals surface area contributed by atoms with Gasteiger partial charge in [-0.15, -0.1) is 0 Å². The lowest BCUT2D eigenvalue weighted by Crippen LogP contribution is -2.46. The highest BCUT2D eigenvalue weighted by Crippen LogP contribution is 2.54. The van der Waals surface area contributed by atoms with Gasteiger partial charge in [0, 0.05) is 51.1 Å². The zero-order valence-electron chi connectivity index (χ0n) is 15.8. The minimum absolute atomic E-state index is 0.184. The topological polar surface area (TPSA) is 71.5 Å². The summed E-state index contributed by atoms with van der Waals surface area (Å²) >= 11 is 0. The Hall–Kier alpha value is -2.44. The van der Waals surface area contributed by atoms with E-state index in [0.29, 0.717) is 30.4 Å². The van der Waals surface area contributed by atoms with Crippen LogP contribution in [0.5, 0.6) is 0 Å². The number of esters is 1. The van der Waals surface area contributed by atoms with Crippen molar-refractivity contribution in [3.05, 3.63) is 18.5 Å². The first-order valence-electron chi connectivity index (χ1n) is 9.88. The van der Waals surface area contributed by atoms with Gasteiger partial charge in [0.1, 0.15) is 11.3 Å². The summed E-state index contributed by atoms with van der Waals surface area (Å²) in [5.41, 5.74) is 1.82. The highest BCUT2D eigenvalue weighted by Gasteiger charge is 2.55. The number of aromatic nitrogens is 3. The fourth-order valence-electron chi connectivity index (χ4n) is 4.74. The first-order chi connectivity index (χ1) is 13.1.